The third kappa shape index (κ3) is 25.0. The third-order valence-electron chi connectivity index (χ3n) is 18.1. The molecule has 2 aromatic rings. The Morgan fingerprint density at radius 1 is 0.510 bits per heavy atom. The van der Waals surface area contributed by atoms with Gasteiger partial charge in [-0.2, -0.15) is 0 Å². The van der Waals surface area contributed by atoms with Crippen LogP contribution in [0.5, 0.6) is 5.75 Å². The van der Waals surface area contributed by atoms with Crippen LogP contribution in [-0.2, 0) is 89.6 Å². The van der Waals surface area contributed by atoms with Gasteiger partial charge in [0.15, 0.2) is 0 Å². The first-order chi connectivity index (χ1) is 47.4. The summed E-state index contributed by atoms with van der Waals surface area (Å²) in [6.45, 7) is 3.21. The number of aliphatic carboxylic acids is 5. The molecule has 1 saturated carbocycles. The van der Waals surface area contributed by atoms with Gasteiger partial charge in [0.25, 0.3) is 5.91 Å². The summed E-state index contributed by atoms with van der Waals surface area (Å²) in [7, 11) is 0. The molecule has 33 heteroatoms. The zero-order valence-electron chi connectivity index (χ0n) is 56.0. The Bertz CT molecular complexity index is 3280. The number of carboxylic acid groups (broad SMARTS) is 5. The maximum atomic E-state index is 15.0. The van der Waals surface area contributed by atoms with Gasteiger partial charge in [-0.15, -0.1) is 0 Å². The molecule has 33 nitrogen and oxygen atoms in total. The van der Waals surface area contributed by atoms with E-state index in [0.29, 0.717) is 23.3 Å². The minimum atomic E-state index is -2.07. The summed E-state index contributed by atoms with van der Waals surface area (Å²) < 4.78 is 0. The summed E-state index contributed by atoms with van der Waals surface area (Å²) in [6.07, 6.45) is -2.37. The minimum absolute atomic E-state index is 0.0328. The van der Waals surface area contributed by atoms with Crippen LogP contribution in [0.3, 0.4) is 0 Å². The zero-order valence-corrected chi connectivity index (χ0v) is 56.0. The molecule has 100 heavy (non-hydrogen) atoms. The zero-order chi connectivity index (χ0) is 73.9. The maximum absolute atomic E-state index is 15.0. The normalized spacial score (nSPS) is 17.9. The average molecular weight is 1400 g/mol. The van der Waals surface area contributed by atoms with Gasteiger partial charge in [-0.1, -0.05) is 94.8 Å². The highest BCUT2D eigenvalue weighted by Crippen LogP contribution is 2.29. The lowest BCUT2D eigenvalue weighted by atomic mass is 9.84. The van der Waals surface area contributed by atoms with Gasteiger partial charge in [-0.3, -0.25) is 76.8 Å². The highest BCUT2D eigenvalue weighted by atomic mass is 16.4. The maximum Gasteiger partial charge on any atom is 0.326 e. The van der Waals surface area contributed by atoms with Crippen molar-refractivity contribution in [3.05, 3.63) is 65.7 Å². The number of imide groups is 1. The number of aromatic hydroxyl groups is 1. The molecular formula is C67H93N11O22. The molecule has 2 heterocycles. The van der Waals surface area contributed by atoms with Crippen LogP contribution >= 0.6 is 0 Å². The Morgan fingerprint density at radius 3 is 1.52 bits per heavy atom. The standard InChI is InChI=1S/C67H93N11O22/c1-3-37(2)57(75-62(94)49-17-10-32-76(49)64(96)45(24-30-55(86)87)73-60(92)46(35-39-14-8-5-9-15-39)70-52(81)27-31-56(88)89)66(98)77-33-11-16-48(77)61(93)72-44(23-29-54(84)85)58(90)71-43(22-28-53(82)83)59(91)74-47(36-40-18-20-41(79)21-19-40)65(97)78(50(67(99)100)25-26-51(69)80)63(95)42(68)34-38-12-6-4-7-13-38/h5,8-9,14-15,18-21,37-38,42-50,57,79H,3-4,6-7,10-13,16-17,22-36,68H2,1-2H3,(H2,69,80)(H,70,81)(H,71,90)(H,72,93)(H,73,92)(H,74,91)(H,75,94)(H,82,83)(H,84,85)(H,86,87)(H,88,89)(H,99,100). The molecule has 0 aromatic heterocycles. The van der Waals surface area contributed by atoms with Crippen LogP contribution in [0.2, 0.25) is 0 Å². The summed E-state index contributed by atoms with van der Waals surface area (Å²) in [4.78, 5) is 219. The van der Waals surface area contributed by atoms with Crippen LogP contribution in [0.4, 0.5) is 0 Å². The van der Waals surface area contributed by atoms with Crippen LogP contribution in [0.1, 0.15) is 160 Å². The molecular weight excluding hydrogens is 1310 g/mol. The van der Waals surface area contributed by atoms with E-state index in [0.717, 1.165) is 29.1 Å². The Labute approximate surface area is 576 Å². The van der Waals surface area contributed by atoms with Crippen LogP contribution in [0, 0.1) is 11.8 Å². The van der Waals surface area contributed by atoms with Crippen molar-refractivity contribution in [1.82, 2.24) is 46.6 Å². The SMILES string of the molecule is CCC(C)C(NC(=O)C1CCCN1C(=O)C(CCC(=O)O)NC(=O)C(Cc1ccccc1)NC(=O)CCC(=O)O)C(=O)N1CCCC1C(=O)NC(CCC(=O)O)C(=O)NC(CCC(=O)O)C(=O)NC(Cc1ccc(O)cc1)C(=O)N(C(=O)C(N)CC1CCCCC1)C(CCC(N)=O)C(=O)O. The monoisotopic (exact) mass is 1400 g/mol. The summed E-state index contributed by atoms with van der Waals surface area (Å²) in [5.41, 5.74) is 12.6. The molecule has 16 N–H and O–H groups in total. The molecule has 3 fully saturated rings. The number of primary amides is 1. The van der Waals surface area contributed by atoms with E-state index in [1.165, 1.54) is 24.3 Å². The van der Waals surface area contributed by atoms with Crippen molar-refractivity contribution in [2.75, 3.05) is 13.1 Å². The van der Waals surface area contributed by atoms with Crippen LogP contribution < -0.4 is 43.4 Å². The number of likely N-dealkylation sites (tertiary alicyclic amines) is 2. The molecule has 0 radical (unpaired) electrons. The predicted molar refractivity (Wildman–Crippen MR) is 351 cm³/mol. The molecule has 0 spiro atoms. The highest BCUT2D eigenvalue weighted by molar-refractivity contribution is 6.05. The topological polar surface area (TPSA) is 528 Å². The highest BCUT2D eigenvalue weighted by Gasteiger charge is 2.46. The summed E-state index contributed by atoms with van der Waals surface area (Å²) in [5.74, 6) is -19.5. The Hall–Kier alpha value is -10.1. The van der Waals surface area contributed by atoms with Gasteiger partial charge in [-0.05, 0) is 92.9 Å². The molecule has 2 aliphatic heterocycles. The largest absolute Gasteiger partial charge is 0.508 e. The van der Waals surface area contributed by atoms with E-state index in [2.05, 4.69) is 31.9 Å². The molecule has 548 valence electrons. The van der Waals surface area contributed by atoms with Crippen molar-refractivity contribution in [3.8, 4) is 5.75 Å². The Morgan fingerprint density at radius 2 is 0.990 bits per heavy atom. The second kappa shape index (κ2) is 39.5. The van der Waals surface area contributed by atoms with E-state index in [4.69, 9.17) is 16.6 Å². The van der Waals surface area contributed by atoms with Crippen LogP contribution in [-0.4, -0.2) is 214 Å². The number of nitrogens with one attached hydrogen (secondary N) is 6. The molecule has 0 bridgehead atoms. The number of carboxylic acids is 5. The van der Waals surface area contributed by atoms with Crippen molar-refractivity contribution >= 4 is 94.8 Å². The summed E-state index contributed by atoms with van der Waals surface area (Å²) in [5, 5.41) is 74.1. The first-order valence-corrected chi connectivity index (χ1v) is 33.6. The van der Waals surface area contributed by atoms with Gasteiger partial charge >= 0.3 is 29.8 Å². The lowest BCUT2D eigenvalue weighted by molar-refractivity contribution is -0.160. The van der Waals surface area contributed by atoms with E-state index in [9.17, 15) is 97.5 Å². The van der Waals surface area contributed by atoms with Gasteiger partial charge < -0.3 is 83.8 Å². The number of benzene rings is 2. The second-order valence-electron chi connectivity index (χ2n) is 25.6. The summed E-state index contributed by atoms with van der Waals surface area (Å²) >= 11 is 0. The van der Waals surface area contributed by atoms with Crippen molar-refractivity contribution in [2.45, 2.75) is 222 Å². The molecule has 2 aromatic carbocycles. The minimum Gasteiger partial charge on any atom is -0.508 e. The first-order valence-electron chi connectivity index (χ1n) is 33.6. The van der Waals surface area contributed by atoms with Gasteiger partial charge in [0, 0.05) is 58.0 Å². The number of nitrogens with zero attached hydrogens (tertiary/aromatic N) is 3. The molecule has 1 aliphatic carbocycles. The fourth-order valence-corrected chi connectivity index (χ4v) is 12.5. The van der Waals surface area contributed by atoms with Crippen molar-refractivity contribution in [2.24, 2.45) is 23.3 Å². The number of carbonyl (C=O) groups excluding carboxylic acids is 11. The predicted octanol–water partition coefficient (Wildman–Crippen LogP) is -0.0549. The number of phenolic OH excluding ortho intramolecular Hbond substituents is 1. The van der Waals surface area contributed by atoms with Crippen LogP contribution in [0.15, 0.2) is 54.6 Å². The van der Waals surface area contributed by atoms with Crippen LogP contribution in [0.25, 0.3) is 0 Å². The van der Waals surface area contributed by atoms with E-state index in [1.54, 1.807) is 44.2 Å². The lowest BCUT2D eigenvalue weighted by Crippen LogP contribution is -2.62. The number of rotatable bonds is 40. The van der Waals surface area contributed by atoms with E-state index in [1.807, 2.05) is 0 Å². The lowest BCUT2D eigenvalue weighted by Gasteiger charge is -2.34. The number of phenols is 1. The molecule has 5 rings (SSSR count). The number of hydrogen-bond acceptors (Lipinski definition) is 18. The number of hydrogen-bond donors (Lipinski definition) is 14. The average Bonchev–Trinajstić information content (AvgIpc) is 1.59. The van der Waals surface area contributed by atoms with E-state index in [-0.39, 0.29) is 75.3 Å². The number of nitrogens with two attached hydrogens (primary N) is 2. The van der Waals surface area contributed by atoms with Gasteiger partial charge in [0.05, 0.1) is 12.5 Å². The smallest absolute Gasteiger partial charge is 0.326 e. The van der Waals surface area contributed by atoms with Gasteiger partial charge in [0.1, 0.15) is 60.1 Å². The molecule has 11 unspecified atom stereocenters. The molecule has 3 aliphatic rings. The molecule has 11 atom stereocenters. The molecule has 2 saturated heterocycles. The number of amides is 11. The fourth-order valence-electron chi connectivity index (χ4n) is 12.5. The number of carbonyl (C=O) groups is 16. The third-order valence-corrected chi connectivity index (χ3v) is 18.1. The fraction of sp³-hybridized carbons (Fsp3) is 0.582. The van der Waals surface area contributed by atoms with Gasteiger partial charge in [0.2, 0.25) is 59.1 Å². The Balaban J connectivity index is 1.39. The van der Waals surface area contributed by atoms with Gasteiger partial charge in [-0.25, -0.2) is 4.79 Å². The Kier molecular flexibility index (Phi) is 31.8. The quantitative estimate of drug-likeness (QED) is 0.0416. The molecule has 11 amide bonds. The van der Waals surface area contributed by atoms with Crippen molar-refractivity contribution < 1.29 is 107 Å². The second-order valence-corrected chi connectivity index (χ2v) is 25.6. The summed E-state index contributed by atoms with van der Waals surface area (Å²) in [6, 6.07) is -2.76. The van der Waals surface area contributed by atoms with E-state index >= 15 is 4.79 Å². The van der Waals surface area contributed by atoms with Crippen molar-refractivity contribution in [3.63, 3.8) is 0 Å². The van der Waals surface area contributed by atoms with E-state index < -0.39 is 232 Å². The first kappa shape index (κ1) is 80.6. The van der Waals surface area contributed by atoms with Crippen molar-refractivity contribution in [1.29, 1.82) is 0 Å².